The van der Waals surface area contributed by atoms with Crippen molar-refractivity contribution in [1.29, 1.82) is 0 Å². The highest BCUT2D eigenvalue weighted by atomic mass is 19.4. The first-order valence-corrected chi connectivity index (χ1v) is 5.98. The normalized spacial score (nSPS) is 26.1. The Hall–Kier alpha value is -0.940. The van der Waals surface area contributed by atoms with Gasteiger partial charge in [0, 0.05) is 6.04 Å². The van der Waals surface area contributed by atoms with Crippen molar-refractivity contribution in [2.75, 3.05) is 6.54 Å². The molecule has 6 heteroatoms. The predicted octanol–water partition coefficient (Wildman–Crippen LogP) is 2.82. The van der Waals surface area contributed by atoms with Crippen molar-refractivity contribution in [3.05, 3.63) is 0 Å². The predicted molar refractivity (Wildman–Crippen MR) is 58.6 cm³/mol. The van der Waals surface area contributed by atoms with Gasteiger partial charge < -0.3 is 10.6 Å². The van der Waals surface area contributed by atoms with Crippen LogP contribution in [-0.4, -0.2) is 24.8 Å². The first kappa shape index (κ1) is 14.1. The minimum absolute atomic E-state index is 0.00758. The van der Waals surface area contributed by atoms with Crippen molar-refractivity contribution in [2.24, 2.45) is 5.92 Å². The Balaban J connectivity index is 2.26. The van der Waals surface area contributed by atoms with Gasteiger partial charge in [-0.25, -0.2) is 4.79 Å². The number of hydrogen-bond acceptors (Lipinski definition) is 1. The summed E-state index contributed by atoms with van der Waals surface area (Å²) in [7, 11) is 0. The first-order chi connectivity index (χ1) is 7.87. The fourth-order valence-electron chi connectivity index (χ4n) is 2.05. The van der Waals surface area contributed by atoms with Crippen LogP contribution in [0, 0.1) is 5.92 Å². The van der Waals surface area contributed by atoms with Gasteiger partial charge in [-0.15, -0.1) is 0 Å². The number of amides is 2. The highest BCUT2D eigenvalue weighted by molar-refractivity contribution is 5.74. The smallest absolute Gasteiger partial charge is 0.335 e. The molecule has 0 bridgehead atoms. The second-order valence-corrected chi connectivity index (χ2v) is 4.75. The van der Waals surface area contributed by atoms with Crippen LogP contribution in [0.1, 0.15) is 39.0 Å². The summed E-state index contributed by atoms with van der Waals surface area (Å²) < 4.78 is 35.6. The largest absolute Gasteiger partial charge is 0.405 e. The van der Waals surface area contributed by atoms with E-state index in [0.717, 1.165) is 32.1 Å². The Bertz CT molecular complexity index is 256. The molecule has 1 aliphatic carbocycles. The van der Waals surface area contributed by atoms with Crippen LogP contribution in [0.4, 0.5) is 18.0 Å². The van der Waals surface area contributed by atoms with Crippen LogP contribution in [0.2, 0.25) is 0 Å². The third-order valence-corrected chi connectivity index (χ3v) is 3.04. The van der Waals surface area contributed by atoms with Crippen molar-refractivity contribution < 1.29 is 18.0 Å². The van der Waals surface area contributed by atoms with Gasteiger partial charge in [0.2, 0.25) is 0 Å². The van der Waals surface area contributed by atoms with Crippen molar-refractivity contribution in [1.82, 2.24) is 10.6 Å². The Morgan fingerprint density at radius 1 is 1.24 bits per heavy atom. The number of carbonyl (C=O) groups excluding carboxylic acids is 1. The van der Waals surface area contributed by atoms with E-state index in [2.05, 4.69) is 12.2 Å². The second kappa shape index (κ2) is 6.12. The number of hydrogen-bond donors (Lipinski definition) is 2. The Kier molecular flexibility index (Phi) is 5.08. The van der Waals surface area contributed by atoms with Gasteiger partial charge >= 0.3 is 12.2 Å². The summed E-state index contributed by atoms with van der Waals surface area (Å²) in [5.74, 6) is 0.639. The van der Waals surface area contributed by atoms with E-state index < -0.39 is 18.8 Å². The lowest BCUT2D eigenvalue weighted by Gasteiger charge is -2.17. The molecule has 2 N–H and O–H groups in total. The average Bonchev–Trinajstić information content (AvgIpc) is 2.40. The molecule has 0 aromatic rings. The molecule has 1 rings (SSSR count). The van der Waals surface area contributed by atoms with Gasteiger partial charge in [-0.05, 0) is 25.2 Å². The molecule has 1 aliphatic rings. The lowest BCUT2D eigenvalue weighted by Crippen LogP contribution is -2.45. The zero-order valence-electron chi connectivity index (χ0n) is 9.94. The molecule has 1 saturated carbocycles. The third-order valence-electron chi connectivity index (χ3n) is 3.04. The molecule has 1 fully saturated rings. The molecular formula is C11H19F3N2O. The quantitative estimate of drug-likeness (QED) is 0.729. The summed E-state index contributed by atoms with van der Waals surface area (Å²) in [4.78, 5) is 11.2. The Morgan fingerprint density at radius 3 is 2.59 bits per heavy atom. The van der Waals surface area contributed by atoms with Crippen LogP contribution in [0.5, 0.6) is 0 Å². The monoisotopic (exact) mass is 252 g/mol. The lowest BCUT2D eigenvalue weighted by atomic mass is 10.0. The molecule has 0 aromatic heterocycles. The SMILES string of the molecule is CC1CCCC(NC(=O)NCC(F)(F)F)CC1. The molecule has 17 heavy (non-hydrogen) atoms. The van der Waals surface area contributed by atoms with E-state index in [-0.39, 0.29) is 6.04 Å². The van der Waals surface area contributed by atoms with Gasteiger partial charge in [-0.2, -0.15) is 13.2 Å². The molecule has 100 valence electrons. The van der Waals surface area contributed by atoms with E-state index in [1.54, 1.807) is 0 Å². The van der Waals surface area contributed by atoms with Crippen LogP contribution >= 0.6 is 0 Å². The van der Waals surface area contributed by atoms with Crippen LogP contribution in [0.25, 0.3) is 0 Å². The summed E-state index contributed by atoms with van der Waals surface area (Å²) in [6.07, 6.45) is 0.512. The average molecular weight is 252 g/mol. The van der Waals surface area contributed by atoms with Gasteiger partial charge in [0.15, 0.2) is 0 Å². The molecule has 0 heterocycles. The number of nitrogens with one attached hydrogen (secondary N) is 2. The molecule has 2 atom stereocenters. The molecule has 0 radical (unpaired) electrons. The van der Waals surface area contributed by atoms with E-state index in [4.69, 9.17) is 0 Å². The topological polar surface area (TPSA) is 41.1 Å². The maximum absolute atomic E-state index is 11.9. The molecule has 2 amide bonds. The molecule has 0 aliphatic heterocycles. The fourth-order valence-corrected chi connectivity index (χ4v) is 2.05. The Morgan fingerprint density at radius 2 is 1.94 bits per heavy atom. The summed E-state index contributed by atoms with van der Waals surface area (Å²) >= 11 is 0. The minimum atomic E-state index is -4.35. The van der Waals surface area contributed by atoms with Gasteiger partial charge in [-0.1, -0.05) is 19.8 Å². The van der Waals surface area contributed by atoms with Crippen molar-refractivity contribution in [2.45, 2.75) is 51.2 Å². The Labute approximate surface area is 99.1 Å². The van der Waals surface area contributed by atoms with Crippen LogP contribution < -0.4 is 10.6 Å². The number of carbonyl (C=O) groups is 1. The van der Waals surface area contributed by atoms with E-state index >= 15 is 0 Å². The van der Waals surface area contributed by atoms with Gasteiger partial charge in [-0.3, -0.25) is 0 Å². The fraction of sp³-hybridized carbons (Fsp3) is 0.909. The number of rotatable bonds is 2. The van der Waals surface area contributed by atoms with Crippen LogP contribution in [0.3, 0.4) is 0 Å². The van der Waals surface area contributed by atoms with E-state index in [1.165, 1.54) is 0 Å². The minimum Gasteiger partial charge on any atom is -0.335 e. The molecule has 0 saturated heterocycles. The zero-order chi connectivity index (χ0) is 12.9. The van der Waals surface area contributed by atoms with Crippen molar-refractivity contribution in [3.8, 4) is 0 Å². The summed E-state index contributed by atoms with van der Waals surface area (Å²) in [5, 5.41) is 4.43. The third kappa shape index (κ3) is 6.38. The highest BCUT2D eigenvalue weighted by Gasteiger charge is 2.28. The maximum atomic E-state index is 11.9. The molecule has 3 nitrogen and oxygen atoms in total. The summed E-state index contributed by atoms with van der Waals surface area (Å²) in [5.41, 5.74) is 0. The lowest BCUT2D eigenvalue weighted by molar-refractivity contribution is -0.122. The van der Waals surface area contributed by atoms with Gasteiger partial charge in [0.25, 0.3) is 0 Å². The summed E-state index contributed by atoms with van der Waals surface area (Å²) in [6.45, 7) is 0.883. The molecular weight excluding hydrogens is 233 g/mol. The summed E-state index contributed by atoms with van der Waals surface area (Å²) in [6, 6.07) is -0.713. The second-order valence-electron chi connectivity index (χ2n) is 4.75. The first-order valence-electron chi connectivity index (χ1n) is 5.98. The number of urea groups is 1. The number of halogens is 3. The van der Waals surface area contributed by atoms with Crippen molar-refractivity contribution in [3.63, 3.8) is 0 Å². The van der Waals surface area contributed by atoms with E-state index in [9.17, 15) is 18.0 Å². The molecule has 0 aromatic carbocycles. The van der Waals surface area contributed by atoms with Gasteiger partial charge in [0.05, 0.1) is 0 Å². The molecule has 0 spiro atoms. The van der Waals surface area contributed by atoms with Crippen LogP contribution in [-0.2, 0) is 0 Å². The maximum Gasteiger partial charge on any atom is 0.405 e. The standard InChI is InChI=1S/C11H19F3N2O/c1-8-3-2-4-9(6-5-8)16-10(17)15-7-11(12,13)14/h8-9H,2-7H2,1H3,(H2,15,16,17). The molecule has 2 unspecified atom stereocenters. The zero-order valence-corrected chi connectivity index (χ0v) is 9.94. The highest BCUT2D eigenvalue weighted by Crippen LogP contribution is 2.22. The van der Waals surface area contributed by atoms with Gasteiger partial charge in [0.1, 0.15) is 6.54 Å². The van der Waals surface area contributed by atoms with E-state index in [1.807, 2.05) is 5.32 Å². The van der Waals surface area contributed by atoms with E-state index in [0.29, 0.717) is 5.92 Å². The van der Waals surface area contributed by atoms with Crippen molar-refractivity contribution >= 4 is 6.03 Å². The van der Waals surface area contributed by atoms with Crippen LogP contribution in [0.15, 0.2) is 0 Å². The number of alkyl halides is 3.